The second kappa shape index (κ2) is 8.76. The first-order valence-electron chi connectivity index (χ1n) is 6.87. The Morgan fingerprint density at radius 2 is 1.78 bits per heavy atom. The second-order valence-electron chi connectivity index (χ2n) is 4.60. The highest BCUT2D eigenvalue weighted by Gasteiger charge is 2.15. The summed E-state index contributed by atoms with van der Waals surface area (Å²) in [5, 5.41) is 8.61. The maximum absolute atomic E-state index is 12.4. The van der Waals surface area contributed by atoms with Crippen molar-refractivity contribution < 1.29 is 19.4 Å². The zero-order valence-corrected chi connectivity index (χ0v) is 14.2. The van der Waals surface area contributed by atoms with Crippen LogP contribution in [0.3, 0.4) is 0 Å². The van der Waals surface area contributed by atoms with Gasteiger partial charge in [0.15, 0.2) is 0 Å². The molecule has 0 aromatic heterocycles. The molecular weight excluding hydrogens is 332 g/mol. The third-order valence-corrected chi connectivity index (χ3v) is 4.49. The summed E-state index contributed by atoms with van der Waals surface area (Å²) < 4.78 is 5.07. The lowest BCUT2D eigenvalue weighted by Gasteiger charge is -2.08. The monoisotopic (exact) mass is 348 g/mol. The number of carbonyl (C=O) groups is 2. The van der Waals surface area contributed by atoms with Gasteiger partial charge in [0.25, 0.3) is 0 Å². The minimum atomic E-state index is -0.457. The molecule has 0 unspecified atom stereocenters. The number of ether oxygens (including phenoxy) is 1. The van der Waals surface area contributed by atoms with Crippen molar-refractivity contribution in [2.75, 3.05) is 5.94 Å². The second-order valence-corrected chi connectivity index (χ2v) is 6.60. The van der Waals surface area contributed by atoms with Gasteiger partial charge in [-0.05, 0) is 41.6 Å². The zero-order valence-electron chi connectivity index (χ0n) is 12.5. The van der Waals surface area contributed by atoms with Gasteiger partial charge in [-0.25, -0.2) is 0 Å². The Kier molecular flexibility index (Phi) is 6.70. The van der Waals surface area contributed by atoms with Crippen molar-refractivity contribution in [3.63, 3.8) is 0 Å². The van der Waals surface area contributed by atoms with Gasteiger partial charge in [0.05, 0.1) is 11.5 Å². The maximum atomic E-state index is 12.4. The fourth-order valence-electron chi connectivity index (χ4n) is 1.86. The molecule has 0 aliphatic heterocycles. The summed E-state index contributed by atoms with van der Waals surface area (Å²) in [5.41, 5.74) is 1.45. The van der Waals surface area contributed by atoms with Crippen molar-refractivity contribution in [2.24, 2.45) is 0 Å². The molecule has 0 saturated heterocycles. The summed E-state index contributed by atoms with van der Waals surface area (Å²) in [6, 6.07) is 14.3. The molecule has 0 aliphatic rings. The first-order valence-corrected chi connectivity index (χ1v) is 8.84. The predicted octanol–water partition coefficient (Wildman–Crippen LogP) is 3.73. The molecule has 1 N–H and O–H groups in total. The Morgan fingerprint density at radius 1 is 1.09 bits per heavy atom. The molecule has 23 heavy (non-hydrogen) atoms. The van der Waals surface area contributed by atoms with Gasteiger partial charge in [-0.3, -0.25) is 9.59 Å². The molecule has 0 spiro atoms. The van der Waals surface area contributed by atoms with Crippen LogP contribution in [0.2, 0.25) is 0 Å². The Hall–Kier alpha value is -1.76. The van der Waals surface area contributed by atoms with Crippen molar-refractivity contribution in [1.82, 2.24) is 0 Å². The predicted molar refractivity (Wildman–Crippen MR) is 92.8 cm³/mol. The summed E-state index contributed by atoms with van der Waals surface area (Å²) in [6.07, 6.45) is 0. The smallest absolute Gasteiger partial charge is 0.308 e. The van der Waals surface area contributed by atoms with Gasteiger partial charge < -0.3 is 9.84 Å². The minimum Gasteiger partial charge on any atom is -0.426 e. The van der Waals surface area contributed by atoms with E-state index in [9.17, 15) is 9.59 Å². The van der Waals surface area contributed by atoms with Crippen LogP contribution in [0, 0.1) is 0 Å². The Bertz CT molecular complexity index is 683. The molecule has 0 saturated carbocycles. The van der Waals surface area contributed by atoms with Crippen LogP contribution in [0.15, 0.2) is 53.4 Å². The third kappa shape index (κ3) is 5.42. The molecule has 4 nitrogen and oxygen atoms in total. The van der Waals surface area contributed by atoms with E-state index in [2.05, 4.69) is 0 Å². The van der Waals surface area contributed by atoms with E-state index >= 15 is 0 Å². The number of hydrogen-bond acceptors (Lipinski definition) is 6. The Morgan fingerprint density at radius 3 is 2.43 bits per heavy atom. The van der Waals surface area contributed by atoms with Gasteiger partial charge in [0, 0.05) is 17.6 Å². The molecule has 0 aliphatic carbocycles. The van der Waals surface area contributed by atoms with Crippen LogP contribution in [0.5, 0.6) is 5.75 Å². The standard InChI is InChI=1S/C17H16O4S2/c1-12(19)21-16-5-3-2-4-15(16)17(20)23-14-8-6-13(7-9-14)10-22-11-18/h2-9,18H,10-11H2,1H3. The van der Waals surface area contributed by atoms with E-state index in [0.717, 1.165) is 28.0 Å². The van der Waals surface area contributed by atoms with E-state index in [-0.39, 0.29) is 16.8 Å². The summed E-state index contributed by atoms with van der Waals surface area (Å²) in [4.78, 5) is 24.3. The first-order chi connectivity index (χ1) is 11.1. The van der Waals surface area contributed by atoms with Gasteiger partial charge in [-0.1, -0.05) is 24.3 Å². The zero-order chi connectivity index (χ0) is 16.7. The summed E-state index contributed by atoms with van der Waals surface area (Å²) in [6.45, 7) is 1.30. The topological polar surface area (TPSA) is 63.6 Å². The molecule has 0 bridgehead atoms. The largest absolute Gasteiger partial charge is 0.426 e. The van der Waals surface area contributed by atoms with Crippen LogP contribution >= 0.6 is 23.5 Å². The molecule has 2 rings (SSSR count). The van der Waals surface area contributed by atoms with Gasteiger partial charge in [0.1, 0.15) is 5.75 Å². The van der Waals surface area contributed by atoms with Gasteiger partial charge >= 0.3 is 5.97 Å². The quantitative estimate of drug-likeness (QED) is 0.371. The van der Waals surface area contributed by atoms with E-state index in [4.69, 9.17) is 9.84 Å². The molecular formula is C17H16O4S2. The fraction of sp³-hybridized carbons (Fsp3) is 0.176. The average molecular weight is 348 g/mol. The highest BCUT2D eigenvalue weighted by atomic mass is 32.2. The maximum Gasteiger partial charge on any atom is 0.308 e. The van der Waals surface area contributed by atoms with Crippen LogP contribution < -0.4 is 4.74 Å². The van der Waals surface area contributed by atoms with E-state index in [1.165, 1.54) is 18.7 Å². The lowest BCUT2D eigenvalue weighted by Crippen LogP contribution is -2.06. The lowest BCUT2D eigenvalue weighted by atomic mass is 10.2. The number of aliphatic hydroxyl groups is 1. The Balaban J connectivity index is 2.08. The summed E-state index contributed by atoms with van der Waals surface area (Å²) in [7, 11) is 0. The number of aliphatic hydroxyl groups excluding tert-OH is 1. The van der Waals surface area contributed by atoms with E-state index in [1.807, 2.05) is 24.3 Å². The summed E-state index contributed by atoms with van der Waals surface area (Å²) in [5.74, 6) is 0.626. The molecule has 0 fully saturated rings. The van der Waals surface area contributed by atoms with Crippen LogP contribution in [0.1, 0.15) is 22.8 Å². The molecule has 0 heterocycles. The van der Waals surface area contributed by atoms with Crippen molar-refractivity contribution in [1.29, 1.82) is 0 Å². The molecule has 2 aromatic carbocycles. The van der Waals surface area contributed by atoms with Gasteiger partial charge in [0.2, 0.25) is 5.12 Å². The first kappa shape index (κ1) is 17.6. The van der Waals surface area contributed by atoms with E-state index < -0.39 is 5.97 Å². The third-order valence-electron chi connectivity index (χ3n) is 2.85. The number of carbonyl (C=O) groups excluding carboxylic acids is 2. The number of benzene rings is 2. The number of para-hydroxylation sites is 1. The number of thioether (sulfide) groups is 2. The van der Waals surface area contributed by atoms with E-state index in [0.29, 0.717) is 5.56 Å². The van der Waals surface area contributed by atoms with Crippen molar-refractivity contribution in [3.05, 3.63) is 59.7 Å². The molecule has 120 valence electrons. The highest BCUT2D eigenvalue weighted by Crippen LogP contribution is 2.28. The molecule has 6 heteroatoms. The molecule has 0 amide bonds. The lowest BCUT2D eigenvalue weighted by molar-refractivity contribution is -0.131. The number of rotatable bonds is 6. The van der Waals surface area contributed by atoms with Crippen LogP contribution in [0.4, 0.5) is 0 Å². The molecule has 0 atom stereocenters. The van der Waals surface area contributed by atoms with Gasteiger partial charge in [-0.2, -0.15) is 0 Å². The highest BCUT2D eigenvalue weighted by molar-refractivity contribution is 8.14. The average Bonchev–Trinajstić information content (AvgIpc) is 2.54. The Labute approximate surface area is 143 Å². The van der Waals surface area contributed by atoms with Crippen LogP contribution in [-0.4, -0.2) is 22.1 Å². The number of esters is 1. The molecule has 0 radical (unpaired) electrons. The van der Waals surface area contributed by atoms with Gasteiger partial charge in [-0.15, -0.1) is 11.8 Å². The molecule has 2 aromatic rings. The minimum absolute atomic E-state index is 0.0852. The number of hydrogen-bond donors (Lipinski definition) is 1. The van der Waals surface area contributed by atoms with Crippen LogP contribution in [-0.2, 0) is 10.5 Å². The van der Waals surface area contributed by atoms with Crippen LogP contribution in [0.25, 0.3) is 0 Å². The fourth-order valence-corrected chi connectivity index (χ4v) is 3.14. The summed E-state index contributed by atoms with van der Waals surface area (Å²) >= 11 is 2.50. The van der Waals surface area contributed by atoms with E-state index in [1.54, 1.807) is 24.3 Å². The SMILES string of the molecule is CC(=O)Oc1ccccc1C(=O)Sc1ccc(CSCO)cc1. The van der Waals surface area contributed by atoms with Crippen molar-refractivity contribution in [2.45, 2.75) is 17.6 Å². The normalized spacial score (nSPS) is 10.3. The van der Waals surface area contributed by atoms with Crippen molar-refractivity contribution in [3.8, 4) is 5.75 Å². The van der Waals surface area contributed by atoms with Crippen molar-refractivity contribution >= 4 is 34.6 Å².